The number of allylic oxidation sites excluding steroid dienone is 1. The zero-order valence-electron chi connectivity index (χ0n) is 17.9. The average Bonchev–Trinajstić information content (AvgIpc) is 2.71. The first-order valence-electron chi connectivity index (χ1n) is 9.44. The number of methoxy groups -OCH3 is 1. The third kappa shape index (κ3) is 7.18. The summed E-state index contributed by atoms with van der Waals surface area (Å²) in [6.07, 6.45) is 3.73. The molecule has 0 heterocycles. The van der Waals surface area contributed by atoms with Gasteiger partial charge in [-0.1, -0.05) is 58.9 Å². The molecular weight excluding hydrogens is 339 g/mol. The molecule has 0 spiro atoms. The Morgan fingerprint density at radius 1 is 1.07 bits per heavy atom. The lowest BCUT2D eigenvalue weighted by molar-refractivity contribution is 0.399. The fourth-order valence-electron chi connectivity index (χ4n) is 2.68. The molecule has 3 heteroatoms. The van der Waals surface area contributed by atoms with Gasteiger partial charge in [-0.05, 0) is 53.1 Å². The number of halogens is 1. The van der Waals surface area contributed by atoms with Crippen LogP contribution in [0.25, 0.3) is 11.1 Å². The van der Waals surface area contributed by atoms with Gasteiger partial charge in [-0.25, -0.2) is 4.39 Å². The van der Waals surface area contributed by atoms with Gasteiger partial charge >= 0.3 is 0 Å². The molecule has 0 bridgehead atoms. The smallest absolute Gasteiger partial charge is 0.131 e. The predicted octanol–water partition coefficient (Wildman–Crippen LogP) is 6.45. The largest absolute Gasteiger partial charge is 0.497 e. The van der Waals surface area contributed by atoms with E-state index in [1.807, 2.05) is 26.0 Å². The van der Waals surface area contributed by atoms with Gasteiger partial charge in [0.2, 0.25) is 0 Å². The summed E-state index contributed by atoms with van der Waals surface area (Å²) in [5.41, 5.74) is 3.86. The van der Waals surface area contributed by atoms with Crippen molar-refractivity contribution < 1.29 is 14.2 Å². The Balaban J connectivity index is 0.00000158. The summed E-state index contributed by atoms with van der Waals surface area (Å²) in [6, 6.07) is 11.1. The molecule has 0 saturated heterocycles. The van der Waals surface area contributed by atoms with E-state index in [1.54, 1.807) is 19.2 Å². The number of rotatable bonds is 6. The highest BCUT2D eigenvalue weighted by Gasteiger charge is 2.19. The molecule has 0 atom stereocenters. The van der Waals surface area contributed by atoms with Crippen molar-refractivity contribution in [3.63, 3.8) is 0 Å². The van der Waals surface area contributed by atoms with Crippen LogP contribution in [0, 0.1) is 11.2 Å². The van der Waals surface area contributed by atoms with Crippen molar-refractivity contribution >= 4 is 0 Å². The Morgan fingerprint density at radius 2 is 1.70 bits per heavy atom. The maximum Gasteiger partial charge on any atom is 0.131 e. The normalized spacial score (nSPS) is 10.1. The Hall–Kier alpha value is -2.13. The number of aliphatic hydroxyl groups excluding tert-OH is 1. The van der Waals surface area contributed by atoms with E-state index in [9.17, 15) is 4.39 Å². The molecule has 2 aromatic carbocycles. The maximum atomic E-state index is 14.4. The molecule has 2 nitrogen and oxygen atoms in total. The standard InChI is InChI=1S/C21H25FO.C2H6.CH4O/c1-6-15-8-10-18(16(12-15)14-21(3,4)7-2)19-13-17(23-5)9-11-20(19)22;2*1-2/h7-13H,2,6,14H2,1,3-5H3;1-2H3;2H,1H3. The van der Waals surface area contributed by atoms with Crippen LogP contribution in [0.5, 0.6) is 5.75 Å². The van der Waals surface area contributed by atoms with E-state index in [2.05, 4.69) is 39.5 Å². The first-order valence-corrected chi connectivity index (χ1v) is 9.44. The molecule has 0 aliphatic rings. The molecule has 0 aromatic heterocycles. The first kappa shape index (κ1) is 24.9. The zero-order chi connectivity index (χ0) is 21.0. The van der Waals surface area contributed by atoms with E-state index >= 15 is 0 Å². The molecule has 0 aliphatic carbocycles. The van der Waals surface area contributed by atoms with Gasteiger partial charge in [0, 0.05) is 12.7 Å². The van der Waals surface area contributed by atoms with E-state index < -0.39 is 0 Å². The second-order valence-electron chi connectivity index (χ2n) is 6.56. The van der Waals surface area contributed by atoms with E-state index in [0.717, 1.165) is 31.1 Å². The van der Waals surface area contributed by atoms with Crippen LogP contribution in [0.2, 0.25) is 0 Å². The number of hydrogen-bond donors (Lipinski definition) is 1. The molecule has 0 radical (unpaired) electrons. The minimum Gasteiger partial charge on any atom is -0.497 e. The van der Waals surface area contributed by atoms with Gasteiger partial charge in [-0.3, -0.25) is 0 Å². The summed E-state index contributed by atoms with van der Waals surface area (Å²) in [4.78, 5) is 0. The maximum absolute atomic E-state index is 14.4. The summed E-state index contributed by atoms with van der Waals surface area (Å²) in [7, 11) is 2.60. The topological polar surface area (TPSA) is 29.5 Å². The van der Waals surface area contributed by atoms with Gasteiger partial charge < -0.3 is 9.84 Å². The second-order valence-corrected chi connectivity index (χ2v) is 6.56. The number of aliphatic hydroxyl groups is 1. The Kier molecular flexibility index (Phi) is 11.3. The molecule has 0 fully saturated rings. The summed E-state index contributed by atoms with van der Waals surface area (Å²) < 4.78 is 19.6. The van der Waals surface area contributed by atoms with E-state index in [1.165, 1.54) is 11.6 Å². The van der Waals surface area contributed by atoms with Crippen LogP contribution >= 0.6 is 0 Å². The van der Waals surface area contributed by atoms with Crippen molar-refractivity contribution in [1.82, 2.24) is 0 Å². The Morgan fingerprint density at radius 3 is 2.22 bits per heavy atom. The van der Waals surface area contributed by atoms with Crippen molar-refractivity contribution in [2.45, 2.75) is 47.5 Å². The van der Waals surface area contributed by atoms with Crippen LogP contribution in [-0.2, 0) is 12.8 Å². The van der Waals surface area contributed by atoms with Gasteiger partial charge in [0.25, 0.3) is 0 Å². The molecule has 0 unspecified atom stereocenters. The van der Waals surface area contributed by atoms with Gasteiger partial charge in [0.1, 0.15) is 11.6 Å². The third-order valence-corrected chi connectivity index (χ3v) is 4.24. The molecule has 2 aromatic rings. The number of hydrogen-bond acceptors (Lipinski definition) is 2. The lowest BCUT2D eigenvalue weighted by atomic mass is 9.82. The van der Waals surface area contributed by atoms with Crippen LogP contribution in [-0.4, -0.2) is 19.3 Å². The fraction of sp³-hybridized carbons (Fsp3) is 0.417. The van der Waals surface area contributed by atoms with Crippen molar-refractivity contribution in [1.29, 1.82) is 0 Å². The molecule has 1 N–H and O–H groups in total. The lowest BCUT2D eigenvalue weighted by Crippen LogP contribution is -2.12. The molecule has 0 saturated carbocycles. The second kappa shape index (κ2) is 12.3. The molecular formula is C24H35FO2. The number of ether oxygens (including phenoxy) is 1. The van der Waals surface area contributed by atoms with Crippen molar-refractivity contribution in [3.05, 3.63) is 66.0 Å². The van der Waals surface area contributed by atoms with Gasteiger partial charge in [0.15, 0.2) is 0 Å². The van der Waals surface area contributed by atoms with Gasteiger partial charge in [-0.2, -0.15) is 0 Å². The van der Waals surface area contributed by atoms with E-state index in [-0.39, 0.29) is 11.2 Å². The highest BCUT2D eigenvalue weighted by molar-refractivity contribution is 5.70. The summed E-state index contributed by atoms with van der Waals surface area (Å²) in [6.45, 7) is 14.3. The van der Waals surface area contributed by atoms with Crippen LogP contribution < -0.4 is 4.74 Å². The van der Waals surface area contributed by atoms with Crippen LogP contribution in [0.3, 0.4) is 0 Å². The molecule has 150 valence electrons. The van der Waals surface area contributed by atoms with E-state index in [4.69, 9.17) is 9.84 Å². The molecule has 0 aliphatic heterocycles. The minimum atomic E-state index is -0.229. The quantitative estimate of drug-likeness (QED) is 0.589. The molecule has 0 amide bonds. The van der Waals surface area contributed by atoms with E-state index in [0.29, 0.717) is 11.3 Å². The third-order valence-electron chi connectivity index (χ3n) is 4.24. The SMILES string of the molecule is C=CC(C)(C)Cc1cc(CC)ccc1-c1cc(OC)ccc1F.CC.CO. The van der Waals surface area contributed by atoms with Crippen molar-refractivity contribution in [2.24, 2.45) is 5.41 Å². The summed E-state index contributed by atoms with van der Waals surface area (Å²) >= 11 is 0. The lowest BCUT2D eigenvalue weighted by Gasteiger charge is -2.23. The van der Waals surface area contributed by atoms with Crippen LogP contribution in [0.15, 0.2) is 49.1 Å². The Labute approximate surface area is 164 Å². The average molecular weight is 375 g/mol. The predicted molar refractivity (Wildman–Crippen MR) is 115 cm³/mol. The molecule has 2 rings (SSSR count). The minimum absolute atomic E-state index is 0.0452. The highest BCUT2D eigenvalue weighted by Crippen LogP contribution is 2.34. The monoisotopic (exact) mass is 374 g/mol. The first-order chi connectivity index (χ1) is 12.9. The number of benzene rings is 2. The van der Waals surface area contributed by atoms with Crippen LogP contribution in [0.1, 0.15) is 45.7 Å². The zero-order valence-corrected chi connectivity index (χ0v) is 17.9. The van der Waals surface area contributed by atoms with Gasteiger partial charge in [-0.15, -0.1) is 6.58 Å². The Bertz CT molecular complexity index is 706. The number of aryl methyl sites for hydroxylation is 1. The highest BCUT2D eigenvalue weighted by atomic mass is 19.1. The molecule has 27 heavy (non-hydrogen) atoms. The summed E-state index contributed by atoms with van der Waals surface area (Å²) in [5, 5.41) is 7.00. The fourth-order valence-corrected chi connectivity index (χ4v) is 2.68. The van der Waals surface area contributed by atoms with Crippen molar-refractivity contribution in [2.75, 3.05) is 14.2 Å². The van der Waals surface area contributed by atoms with Crippen LogP contribution in [0.4, 0.5) is 4.39 Å². The van der Waals surface area contributed by atoms with Gasteiger partial charge in [0.05, 0.1) is 7.11 Å². The van der Waals surface area contributed by atoms with Crippen molar-refractivity contribution in [3.8, 4) is 16.9 Å². The summed E-state index contributed by atoms with van der Waals surface area (Å²) in [5.74, 6) is 0.433.